The molecule has 7 nitrogen and oxygen atoms in total. The van der Waals surface area contributed by atoms with Gasteiger partial charge in [-0.3, -0.25) is 14.4 Å². The fourth-order valence-corrected chi connectivity index (χ4v) is 2.82. The van der Waals surface area contributed by atoms with Crippen molar-refractivity contribution < 1.29 is 31.9 Å². The molecule has 0 bridgehead atoms. The van der Waals surface area contributed by atoms with Gasteiger partial charge < -0.3 is 20.9 Å². The minimum Gasteiger partial charge on any atom is -0.396 e. The van der Waals surface area contributed by atoms with Crippen LogP contribution in [0.15, 0.2) is 18.2 Å². The first-order valence-electron chi connectivity index (χ1n) is 8.25. The van der Waals surface area contributed by atoms with E-state index in [1.165, 1.54) is 42.9 Å². The molecule has 0 saturated heterocycles. The maximum Gasteiger partial charge on any atom is 0.405 e. The quantitative estimate of drug-likeness (QED) is 0.302. The number of carbonyl (C=O) groups is 3. The average molecular weight is 414 g/mol. The van der Waals surface area contributed by atoms with E-state index in [-0.39, 0.29) is 28.2 Å². The number of hydrogen-bond acceptors (Lipinski definition) is 4. The number of nitrogens with two attached hydrogens (primary N) is 1. The molecule has 0 saturated carbocycles. The van der Waals surface area contributed by atoms with Gasteiger partial charge in [0.1, 0.15) is 12.4 Å². The Kier molecular flexibility index (Phi) is 6.00. The number of anilines is 2. The first kappa shape index (κ1) is 21.9. The predicted octanol–water partition coefficient (Wildman–Crippen LogP) is 2.48. The number of halogens is 4. The Morgan fingerprint density at radius 1 is 1.17 bits per heavy atom. The molecule has 0 unspecified atom stereocenters. The Morgan fingerprint density at radius 3 is 2.34 bits per heavy atom. The summed E-state index contributed by atoms with van der Waals surface area (Å²) in [6.45, 7) is 1.25. The van der Waals surface area contributed by atoms with Crippen molar-refractivity contribution in [1.29, 1.82) is 0 Å². The van der Waals surface area contributed by atoms with Crippen LogP contribution in [-0.4, -0.2) is 34.9 Å². The molecule has 1 aromatic heterocycles. The third-order valence-corrected chi connectivity index (χ3v) is 4.28. The van der Waals surface area contributed by atoms with Gasteiger partial charge in [-0.05, 0) is 37.6 Å². The van der Waals surface area contributed by atoms with E-state index in [0.717, 1.165) is 6.07 Å². The Hall–Kier alpha value is -3.37. The summed E-state index contributed by atoms with van der Waals surface area (Å²) in [7, 11) is 1.40. The Morgan fingerprint density at radius 2 is 1.79 bits per heavy atom. The maximum absolute atomic E-state index is 13.3. The number of hydrogen-bond donors (Lipinski definition) is 3. The van der Waals surface area contributed by atoms with E-state index in [2.05, 4.69) is 5.32 Å². The lowest BCUT2D eigenvalue weighted by atomic mass is 10.1. The summed E-state index contributed by atoms with van der Waals surface area (Å²) in [4.78, 5) is 36.8. The zero-order valence-electron chi connectivity index (χ0n) is 15.7. The fraction of sp³-hybridized carbons (Fsp3) is 0.278. The highest BCUT2D eigenvalue weighted by Crippen LogP contribution is 2.24. The molecule has 2 aromatic rings. The second kappa shape index (κ2) is 7.94. The van der Waals surface area contributed by atoms with Crippen LogP contribution >= 0.6 is 0 Å². The van der Waals surface area contributed by atoms with Gasteiger partial charge in [-0.25, -0.2) is 4.39 Å². The van der Waals surface area contributed by atoms with Crippen molar-refractivity contribution in [2.24, 2.45) is 7.05 Å². The first-order valence-corrected chi connectivity index (χ1v) is 8.25. The highest BCUT2D eigenvalue weighted by atomic mass is 19.4. The van der Waals surface area contributed by atoms with E-state index in [1.807, 2.05) is 0 Å². The van der Waals surface area contributed by atoms with Crippen LogP contribution in [0.3, 0.4) is 0 Å². The topological polar surface area (TPSA) is 106 Å². The van der Waals surface area contributed by atoms with E-state index < -0.39 is 36.1 Å². The lowest BCUT2D eigenvalue weighted by molar-refractivity contribution is -0.135. The summed E-state index contributed by atoms with van der Waals surface area (Å²) in [6, 6.07) is 3.56. The molecule has 0 aliphatic carbocycles. The number of amides is 2. The molecule has 1 heterocycles. The van der Waals surface area contributed by atoms with Gasteiger partial charge in [0.15, 0.2) is 0 Å². The Labute approximate surface area is 162 Å². The molecule has 0 aliphatic heterocycles. The molecule has 2 rings (SSSR count). The average Bonchev–Trinajstić information content (AvgIpc) is 2.84. The SMILES string of the molecule is Cc1c(C(=O)Nc2ccc(F)c(N)c2)c(C)n(C)c1C(=O)C(=O)NCC(F)(F)F. The number of Topliss-reactive ketones (excluding diaryl/α,β-unsaturated/α-hetero) is 1. The molecular weight excluding hydrogens is 396 g/mol. The third-order valence-electron chi connectivity index (χ3n) is 4.28. The van der Waals surface area contributed by atoms with E-state index in [0.29, 0.717) is 5.69 Å². The van der Waals surface area contributed by atoms with E-state index in [1.54, 1.807) is 0 Å². The van der Waals surface area contributed by atoms with Crippen LogP contribution < -0.4 is 16.4 Å². The third kappa shape index (κ3) is 4.73. The molecule has 0 aliphatic rings. The number of rotatable bonds is 5. The lowest BCUT2D eigenvalue weighted by Gasteiger charge is -2.09. The first-order chi connectivity index (χ1) is 13.3. The maximum atomic E-state index is 13.3. The molecule has 11 heteroatoms. The number of nitrogens with one attached hydrogen (secondary N) is 2. The molecule has 156 valence electrons. The molecule has 4 N–H and O–H groups in total. The van der Waals surface area contributed by atoms with Gasteiger partial charge in [0.05, 0.1) is 16.9 Å². The Balaban J connectivity index is 2.31. The fourth-order valence-electron chi connectivity index (χ4n) is 2.82. The highest BCUT2D eigenvalue weighted by molar-refractivity contribution is 6.43. The number of ketones is 1. The molecule has 0 spiro atoms. The van der Waals surface area contributed by atoms with Crippen molar-refractivity contribution in [3.05, 3.63) is 46.5 Å². The second-order valence-corrected chi connectivity index (χ2v) is 6.31. The number of aromatic nitrogens is 1. The lowest BCUT2D eigenvalue weighted by Crippen LogP contribution is -2.38. The largest absolute Gasteiger partial charge is 0.405 e. The molecule has 0 fully saturated rings. The van der Waals surface area contributed by atoms with Crippen LogP contribution in [0.5, 0.6) is 0 Å². The second-order valence-electron chi connectivity index (χ2n) is 6.31. The van der Waals surface area contributed by atoms with Crippen molar-refractivity contribution in [2.75, 3.05) is 17.6 Å². The van der Waals surface area contributed by atoms with Crippen molar-refractivity contribution >= 4 is 29.0 Å². The zero-order chi connectivity index (χ0) is 22.1. The van der Waals surface area contributed by atoms with E-state index in [9.17, 15) is 31.9 Å². The summed E-state index contributed by atoms with van der Waals surface area (Å²) in [5.41, 5.74) is 5.74. The number of nitrogen functional groups attached to an aromatic ring is 1. The summed E-state index contributed by atoms with van der Waals surface area (Å²) in [5.74, 6) is -3.96. The van der Waals surface area contributed by atoms with Crippen LogP contribution in [0.4, 0.5) is 28.9 Å². The number of nitrogens with zero attached hydrogens (tertiary/aromatic N) is 1. The standard InChI is InChI=1S/C18H18F4N4O3/c1-8-13(16(28)25-10-4-5-11(19)12(23)6-10)9(2)26(3)14(8)15(27)17(29)24-7-18(20,21)22/h4-6H,7,23H2,1-3H3,(H,24,29)(H,25,28). The summed E-state index contributed by atoms with van der Waals surface area (Å²) in [6.07, 6.45) is -4.67. The van der Waals surface area contributed by atoms with Crippen molar-refractivity contribution in [2.45, 2.75) is 20.0 Å². The van der Waals surface area contributed by atoms with Crippen LogP contribution in [0.1, 0.15) is 32.1 Å². The monoisotopic (exact) mass is 414 g/mol. The van der Waals surface area contributed by atoms with E-state index in [4.69, 9.17) is 5.73 Å². The number of alkyl halides is 3. The summed E-state index contributed by atoms with van der Waals surface area (Å²) in [5, 5.41) is 4.01. The highest BCUT2D eigenvalue weighted by Gasteiger charge is 2.32. The van der Waals surface area contributed by atoms with Gasteiger partial charge in [-0.15, -0.1) is 0 Å². The van der Waals surface area contributed by atoms with Crippen LogP contribution in [0, 0.1) is 19.7 Å². The smallest absolute Gasteiger partial charge is 0.396 e. The van der Waals surface area contributed by atoms with Crippen molar-refractivity contribution in [3.63, 3.8) is 0 Å². The normalized spacial score (nSPS) is 11.3. The Bertz CT molecular complexity index is 996. The number of benzene rings is 1. The van der Waals surface area contributed by atoms with Gasteiger partial charge in [0.2, 0.25) is 0 Å². The van der Waals surface area contributed by atoms with Gasteiger partial charge in [0.25, 0.3) is 17.6 Å². The minimum absolute atomic E-state index is 0.0577. The zero-order valence-corrected chi connectivity index (χ0v) is 15.7. The molecule has 1 aromatic carbocycles. The van der Waals surface area contributed by atoms with Gasteiger partial charge in [-0.1, -0.05) is 0 Å². The van der Waals surface area contributed by atoms with Crippen molar-refractivity contribution in [3.8, 4) is 0 Å². The van der Waals surface area contributed by atoms with Gasteiger partial charge >= 0.3 is 6.18 Å². The summed E-state index contributed by atoms with van der Waals surface area (Å²) >= 11 is 0. The van der Waals surface area contributed by atoms with Gasteiger partial charge in [0, 0.05) is 18.4 Å². The summed E-state index contributed by atoms with van der Waals surface area (Å²) < 4.78 is 51.3. The number of carbonyl (C=O) groups excluding carboxylic acids is 3. The molecule has 0 radical (unpaired) electrons. The van der Waals surface area contributed by atoms with Gasteiger partial charge in [-0.2, -0.15) is 13.2 Å². The van der Waals surface area contributed by atoms with Crippen LogP contribution in [0.25, 0.3) is 0 Å². The van der Waals surface area contributed by atoms with Crippen LogP contribution in [0.2, 0.25) is 0 Å². The van der Waals surface area contributed by atoms with Crippen LogP contribution in [-0.2, 0) is 11.8 Å². The van der Waals surface area contributed by atoms with Crippen molar-refractivity contribution in [1.82, 2.24) is 9.88 Å². The minimum atomic E-state index is -4.67. The van der Waals surface area contributed by atoms with E-state index >= 15 is 0 Å². The molecular formula is C18H18F4N4O3. The molecule has 29 heavy (non-hydrogen) atoms. The predicted molar refractivity (Wildman–Crippen MR) is 97.0 cm³/mol. The molecule has 0 atom stereocenters. The molecule has 2 amide bonds.